The van der Waals surface area contributed by atoms with Gasteiger partial charge in [-0.25, -0.2) is 0 Å². The first-order valence-electron chi connectivity index (χ1n) is 6.40. The molecule has 0 saturated carbocycles. The van der Waals surface area contributed by atoms with E-state index in [1.54, 1.807) is 13.2 Å². The molecule has 2 N–H and O–H groups in total. The van der Waals surface area contributed by atoms with E-state index in [0.717, 1.165) is 33.3 Å². The molecule has 0 radical (unpaired) electrons. The molecule has 2 rings (SSSR count). The number of rotatable bonds is 3. The fraction of sp³-hybridized carbons (Fsp3) is 0.250. The Bertz CT molecular complexity index is 731. The fourth-order valence-corrected chi connectivity index (χ4v) is 2.33. The van der Waals surface area contributed by atoms with Gasteiger partial charge in [-0.3, -0.25) is 0 Å². The lowest BCUT2D eigenvalue weighted by Crippen LogP contribution is -2.21. The van der Waals surface area contributed by atoms with Crippen LogP contribution in [-0.4, -0.2) is 7.11 Å². The summed E-state index contributed by atoms with van der Waals surface area (Å²) in [4.78, 5) is 0. The van der Waals surface area contributed by atoms with Crippen LogP contribution < -0.4 is 21.1 Å². The summed E-state index contributed by atoms with van der Waals surface area (Å²) in [6, 6.07) is 7.48. The van der Waals surface area contributed by atoms with Crippen molar-refractivity contribution in [3.8, 4) is 5.75 Å². The van der Waals surface area contributed by atoms with Gasteiger partial charge in [-0.05, 0) is 38.1 Å². The summed E-state index contributed by atoms with van der Waals surface area (Å²) in [5, 5.41) is 1.68. The Morgan fingerprint density at radius 2 is 2.15 bits per heavy atom. The average Bonchev–Trinajstić information content (AvgIpc) is 2.89. The molecular weight excluding hydrogens is 274 g/mol. The molecule has 20 heavy (non-hydrogen) atoms. The molecule has 2 aromatic rings. The van der Waals surface area contributed by atoms with Gasteiger partial charge >= 0.3 is 0 Å². The third-order valence-corrected chi connectivity index (χ3v) is 3.47. The molecule has 1 aromatic heterocycles. The molecule has 0 fully saturated rings. The monoisotopic (exact) mass is 291 g/mol. The maximum absolute atomic E-state index is 6.08. The highest BCUT2D eigenvalue weighted by molar-refractivity contribution is 6.30. The van der Waals surface area contributed by atoms with Crippen LogP contribution in [0.2, 0.25) is 5.02 Å². The number of halogens is 1. The molecule has 0 spiro atoms. The normalized spacial score (nSPS) is 13.6. The minimum absolute atomic E-state index is 0.376. The van der Waals surface area contributed by atoms with Crippen molar-refractivity contribution in [1.29, 1.82) is 0 Å². The summed E-state index contributed by atoms with van der Waals surface area (Å²) in [5.74, 6) is 1.52. The van der Waals surface area contributed by atoms with E-state index in [1.165, 1.54) is 0 Å². The number of methoxy groups -OCH3 is 1. The third-order valence-electron chi connectivity index (χ3n) is 3.23. The van der Waals surface area contributed by atoms with E-state index in [9.17, 15) is 0 Å². The summed E-state index contributed by atoms with van der Waals surface area (Å²) in [5.41, 5.74) is 8.33. The van der Waals surface area contributed by atoms with Crippen LogP contribution in [0, 0.1) is 0 Å². The highest BCUT2D eigenvalue weighted by Crippen LogP contribution is 2.27. The molecule has 0 unspecified atom stereocenters. The van der Waals surface area contributed by atoms with Crippen molar-refractivity contribution >= 4 is 23.3 Å². The minimum atomic E-state index is 0.376. The molecule has 1 aromatic carbocycles. The zero-order valence-electron chi connectivity index (χ0n) is 11.9. The molecule has 0 aliphatic carbocycles. The Kier molecular flexibility index (Phi) is 4.53. The minimum Gasteiger partial charge on any atom is -0.496 e. The lowest BCUT2D eigenvalue weighted by atomic mass is 10.1. The number of furan rings is 1. The molecule has 0 atom stereocenters. The predicted molar refractivity (Wildman–Crippen MR) is 82.2 cm³/mol. The van der Waals surface area contributed by atoms with Gasteiger partial charge in [0, 0.05) is 21.4 Å². The Morgan fingerprint density at radius 3 is 2.75 bits per heavy atom. The van der Waals surface area contributed by atoms with E-state index < -0.39 is 0 Å². The molecule has 3 nitrogen and oxygen atoms in total. The topological polar surface area (TPSA) is 48.4 Å². The van der Waals surface area contributed by atoms with Gasteiger partial charge in [-0.2, -0.15) is 0 Å². The molecule has 0 aliphatic rings. The molecule has 1 heterocycles. The van der Waals surface area contributed by atoms with E-state index in [4.69, 9.17) is 26.5 Å². The quantitative estimate of drug-likeness (QED) is 0.945. The zero-order valence-corrected chi connectivity index (χ0v) is 12.6. The van der Waals surface area contributed by atoms with E-state index >= 15 is 0 Å². The molecule has 4 heteroatoms. The van der Waals surface area contributed by atoms with Crippen LogP contribution in [0.5, 0.6) is 5.75 Å². The van der Waals surface area contributed by atoms with Gasteiger partial charge in [-0.15, -0.1) is 0 Å². The SMILES string of the molecule is CC=c1cc(CN)oc1=C(C)c1cc(Cl)ccc1OC. The summed E-state index contributed by atoms with van der Waals surface area (Å²) in [6.45, 7) is 4.33. The van der Waals surface area contributed by atoms with Crippen LogP contribution in [0.15, 0.2) is 28.7 Å². The lowest BCUT2D eigenvalue weighted by Gasteiger charge is -2.08. The van der Waals surface area contributed by atoms with Crippen molar-refractivity contribution in [2.45, 2.75) is 20.4 Å². The Labute approximate surface area is 123 Å². The predicted octanol–water partition coefficient (Wildman–Crippen LogP) is 2.42. The molecule has 0 amide bonds. The van der Waals surface area contributed by atoms with Crippen LogP contribution in [0.4, 0.5) is 0 Å². The van der Waals surface area contributed by atoms with Crippen molar-refractivity contribution in [3.05, 3.63) is 51.2 Å². The van der Waals surface area contributed by atoms with Crippen LogP contribution in [-0.2, 0) is 6.54 Å². The molecular formula is C16H18ClNO2. The lowest BCUT2D eigenvalue weighted by molar-refractivity contribution is 0.413. The first-order chi connectivity index (χ1) is 9.60. The van der Waals surface area contributed by atoms with E-state index in [0.29, 0.717) is 11.6 Å². The van der Waals surface area contributed by atoms with Crippen molar-refractivity contribution < 1.29 is 9.15 Å². The molecule has 0 aliphatic heterocycles. The van der Waals surface area contributed by atoms with Crippen LogP contribution >= 0.6 is 11.6 Å². The second-order valence-electron chi connectivity index (χ2n) is 4.46. The van der Waals surface area contributed by atoms with Gasteiger partial charge in [0.15, 0.2) is 0 Å². The van der Waals surface area contributed by atoms with Gasteiger partial charge < -0.3 is 14.9 Å². The van der Waals surface area contributed by atoms with E-state index in [-0.39, 0.29) is 0 Å². The molecule has 0 bridgehead atoms. The van der Waals surface area contributed by atoms with Gasteiger partial charge in [0.25, 0.3) is 0 Å². The Hall–Kier alpha value is -1.71. The highest BCUT2D eigenvalue weighted by Gasteiger charge is 2.09. The zero-order chi connectivity index (χ0) is 14.7. The van der Waals surface area contributed by atoms with Crippen LogP contribution in [0.3, 0.4) is 0 Å². The maximum atomic E-state index is 6.08. The fourth-order valence-electron chi connectivity index (χ4n) is 2.16. The van der Waals surface area contributed by atoms with Gasteiger partial charge in [-0.1, -0.05) is 17.7 Å². The van der Waals surface area contributed by atoms with Crippen molar-refractivity contribution in [1.82, 2.24) is 0 Å². The number of ether oxygens (including phenoxy) is 1. The average molecular weight is 292 g/mol. The van der Waals surface area contributed by atoms with E-state index in [2.05, 4.69) is 0 Å². The first-order valence-corrected chi connectivity index (χ1v) is 6.78. The summed E-state index contributed by atoms with van der Waals surface area (Å²) in [6.07, 6.45) is 2.00. The number of nitrogens with two attached hydrogens (primary N) is 1. The molecule has 0 saturated heterocycles. The largest absolute Gasteiger partial charge is 0.496 e. The summed E-state index contributed by atoms with van der Waals surface area (Å²) >= 11 is 6.08. The molecule has 106 valence electrons. The number of benzene rings is 1. The summed E-state index contributed by atoms with van der Waals surface area (Å²) < 4.78 is 11.2. The first kappa shape index (κ1) is 14.7. The van der Waals surface area contributed by atoms with E-state index in [1.807, 2.05) is 38.1 Å². The van der Waals surface area contributed by atoms with Crippen LogP contribution in [0.25, 0.3) is 11.6 Å². The Balaban J connectivity index is 2.78. The third kappa shape index (κ3) is 2.74. The highest BCUT2D eigenvalue weighted by atomic mass is 35.5. The van der Waals surface area contributed by atoms with Gasteiger partial charge in [0.05, 0.1) is 13.7 Å². The summed E-state index contributed by atoms with van der Waals surface area (Å²) in [7, 11) is 1.64. The second-order valence-corrected chi connectivity index (χ2v) is 4.90. The van der Waals surface area contributed by atoms with Crippen molar-refractivity contribution in [2.75, 3.05) is 7.11 Å². The number of hydrogen-bond acceptors (Lipinski definition) is 3. The van der Waals surface area contributed by atoms with Crippen LogP contribution in [0.1, 0.15) is 25.2 Å². The van der Waals surface area contributed by atoms with Gasteiger partial charge in [0.1, 0.15) is 16.9 Å². The standard InChI is InChI=1S/C16H18ClNO2/c1-4-11-7-13(9-18)20-16(11)10(2)14-8-12(17)5-6-15(14)19-3/h4-8H,9,18H2,1-3H3. The second kappa shape index (κ2) is 6.16. The number of hydrogen-bond donors (Lipinski definition) is 1. The smallest absolute Gasteiger partial charge is 0.137 e. The Morgan fingerprint density at radius 1 is 1.40 bits per heavy atom. The van der Waals surface area contributed by atoms with Gasteiger partial charge in [0.2, 0.25) is 0 Å². The van der Waals surface area contributed by atoms with Crippen molar-refractivity contribution in [2.24, 2.45) is 5.73 Å². The van der Waals surface area contributed by atoms with Crippen molar-refractivity contribution in [3.63, 3.8) is 0 Å². The maximum Gasteiger partial charge on any atom is 0.137 e.